The maximum Gasteiger partial charge on any atom is 0.257 e. The Morgan fingerprint density at radius 1 is 1.24 bits per heavy atom. The lowest BCUT2D eigenvalue weighted by Crippen LogP contribution is -2.15. The third kappa shape index (κ3) is 3.00. The van der Waals surface area contributed by atoms with Gasteiger partial charge in [-0.2, -0.15) is 5.26 Å². The van der Waals surface area contributed by atoms with Gasteiger partial charge in [0.15, 0.2) is 0 Å². The standard InChI is InChI=1S/C16H14FN3O/c1-10-6-7-11(15(8-10)19-2)16(21)20-14-5-3-4-13(17)12(14)9-18/h3-8,19H,1-2H3,(H,20,21). The SMILES string of the molecule is CNc1cc(C)ccc1C(=O)Nc1cccc(F)c1C#N. The van der Waals surface area contributed by atoms with Crippen LogP contribution >= 0.6 is 0 Å². The van der Waals surface area contributed by atoms with Crippen LogP contribution in [0, 0.1) is 24.1 Å². The minimum atomic E-state index is -0.659. The Morgan fingerprint density at radius 3 is 2.67 bits per heavy atom. The first kappa shape index (κ1) is 14.5. The topological polar surface area (TPSA) is 64.9 Å². The number of rotatable bonds is 3. The van der Waals surface area contributed by atoms with E-state index in [1.807, 2.05) is 19.1 Å². The average Bonchev–Trinajstić information content (AvgIpc) is 2.47. The summed E-state index contributed by atoms with van der Waals surface area (Å²) in [5.74, 6) is -1.06. The summed E-state index contributed by atoms with van der Waals surface area (Å²) in [5.41, 5.74) is 2.09. The number of nitriles is 1. The average molecular weight is 283 g/mol. The quantitative estimate of drug-likeness (QED) is 0.908. The lowest BCUT2D eigenvalue weighted by molar-refractivity contribution is 0.102. The van der Waals surface area contributed by atoms with E-state index in [1.54, 1.807) is 19.2 Å². The van der Waals surface area contributed by atoms with Crippen molar-refractivity contribution in [3.05, 3.63) is 58.9 Å². The molecule has 0 unspecified atom stereocenters. The van der Waals surface area contributed by atoms with Crippen LogP contribution in [0.15, 0.2) is 36.4 Å². The summed E-state index contributed by atoms with van der Waals surface area (Å²) in [7, 11) is 1.72. The molecule has 0 heterocycles. The molecule has 0 aliphatic heterocycles. The lowest BCUT2D eigenvalue weighted by atomic mass is 10.1. The Hall–Kier alpha value is -2.87. The van der Waals surface area contributed by atoms with Gasteiger partial charge in [0.05, 0.1) is 11.3 Å². The van der Waals surface area contributed by atoms with E-state index < -0.39 is 11.7 Å². The van der Waals surface area contributed by atoms with Crippen molar-refractivity contribution in [2.24, 2.45) is 0 Å². The van der Waals surface area contributed by atoms with Crippen LogP contribution in [-0.4, -0.2) is 13.0 Å². The molecule has 21 heavy (non-hydrogen) atoms. The van der Waals surface area contributed by atoms with Crippen molar-refractivity contribution >= 4 is 17.3 Å². The number of carbonyl (C=O) groups excluding carboxylic acids is 1. The van der Waals surface area contributed by atoms with E-state index in [0.717, 1.165) is 5.56 Å². The number of halogens is 1. The first-order chi connectivity index (χ1) is 10.1. The largest absolute Gasteiger partial charge is 0.387 e. The van der Waals surface area contributed by atoms with E-state index in [1.165, 1.54) is 18.2 Å². The molecule has 0 saturated heterocycles. The molecule has 4 nitrogen and oxygen atoms in total. The second-order valence-corrected chi connectivity index (χ2v) is 4.53. The summed E-state index contributed by atoms with van der Waals surface area (Å²) in [5, 5.41) is 14.5. The summed E-state index contributed by atoms with van der Waals surface area (Å²) in [6.07, 6.45) is 0. The first-order valence-electron chi connectivity index (χ1n) is 6.35. The van der Waals surface area contributed by atoms with Gasteiger partial charge in [-0.3, -0.25) is 4.79 Å². The van der Waals surface area contributed by atoms with Crippen LogP contribution in [0.2, 0.25) is 0 Å². The highest BCUT2D eigenvalue weighted by Gasteiger charge is 2.14. The third-order valence-corrected chi connectivity index (χ3v) is 3.06. The van der Waals surface area contributed by atoms with Crippen molar-refractivity contribution in [2.45, 2.75) is 6.92 Å². The molecular formula is C16H14FN3O. The number of anilines is 2. The molecule has 106 valence electrons. The summed E-state index contributed by atoms with van der Waals surface area (Å²) in [6.45, 7) is 1.92. The fourth-order valence-corrected chi connectivity index (χ4v) is 1.99. The van der Waals surface area contributed by atoms with Gasteiger partial charge in [0.25, 0.3) is 5.91 Å². The van der Waals surface area contributed by atoms with Crippen molar-refractivity contribution in [2.75, 3.05) is 17.7 Å². The van der Waals surface area contributed by atoms with Crippen molar-refractivity contribution in [3.63, 3.8) is 0 Å². The van der Waals surface area contributed by atoms with Gasteiger partial charge in [0.1, 0.15) is 17.4 Å². The van der Waals surface area contributed by atoms with E-state index in [2.05, 4.69) is 10.6 Å². The molecule has 0 fully saturated rings. The highest BCUT2D eigenvalue weighted by atomic mass is 19.1. The number of nitrogens with zero attached hydrogens (tertiary/aromatic N) is 1. The van der Waals surface area contributed by atoms with Crippen molar-refractivity contribution < 1.29 is 9.18 Å². The summed E-state index contributed by atoms with van der Waals surface area (Å²) in [6, 6.07) is 11.2. The Bertz CT molecular complexity index is 735. The van der Waals surface area contributed by atoms with Gasteiger partial charge >= 0.3 is 0 Å². The van der Waals surface area contributed by atoms with Gasteiger partial charge in [0.2, 0.25) is 0 Å². The minimum absolute atomic E-state index is 0.158. The predicted molar refractivity (Wildman–Crippen MR) is 79.8 cm³/mol. The number of amides is 1. The summed E-state index contributed by atoms with van der Waals surface area (Å²) in [4.78, 5) is 12.3. The van der Waals surface area contributed by atoms with Crippen molar-refractivity contribution in [3.8, 4) is 6.07 Å². The molecule has 0 atom stereocenters. The molecule has 0 aliphatic rings. The monoisotopic (exact) mass is 283 g/mol. The van der Waals surface area contributed by atoms with Gasteiger partial charge in [-0.1, -0.05) is 12.1 Å². The molecule has 2 rings (SSSR count). The van der Waals surface area contributed by atoms with Crippen LogP contribution in [-0.2, 0) is 0 Å². The molecule has 0 aliphatic carbocycles. The maximum absolute atomic E-state index is 13.5. The van der Waals surface area contributed by atoms with Crippen LogP contribution < -0.4 is 10.6 Å². The predicted octanol–water partition coefficient (Wildman–Crippen LogP) is 3.30. The van der Waals surface area contributed by atoms with Gasteiger partial charge in [-0.25, -0.2) is 4.39 Å². The van der Waals surface area contributed by atoms with E-state index in [9.17, 15) is 9.18 Å². The lowest BCUT2D eigenvalue weighted by Gasteiger charge is -2.11. The van der Waals surface area contributed by atoms with Gasteiger partial charge < -0.3 is 10.6 Å². The Kier molecular flexibility index (Phi) is 4.19. The van der Waals surface area contributed by atoms with Crippen LogP contribution in [0.3, 0.4) is 0 Å². The van der Waals surface area contributed by atoms with Crippen LogP contribution in [0.1, 0.15) is 21.5 Å². The van der Waals surface area contributed by atoms with Gasteiger partial charge in [-0.15, -0.1) is 0 Å². The molecule has 0 radical (unpaired) electrons. The van der Waals surface area contributed by atoms with Crippen LogP contribution in [0.5, 0.6) is 0 Å². The molecule has 2 N–H and O–H groups in total. The molecule has 1 amide bonds. The second-order valence-electron chi connectivity index (χ2n) is 4.53. The fraction of sp³-hybridized carbons (Fsp3) is 0.125. The number of carbonyl (C=O) groups is 1. The van der Waals surface area contributed by atoms with Gasteiger partial charge in [0, 0.05) is 12.7 Å². The van der Waals surface area contributed by atoms with E-state index in [-0.39, 0.29) is 11.3 Å². The number of aryl methyl sites for hydroxylation is 1. The zero-order valence-corrected chi connectivity index (χ0v) is 11.7. The molecule has 0 bridgehead atoms. The van der Waals surface area contributed by atoms with Crippen LogP contribution in [0.25, 0.3) is 0 Å². The zero-order valence-electron chi connectivity index (χ0n) is 11.7. The molecule has 2 aromatic carbocycles. The zero-order chi connectivity index (χ0) is 15.4. The number of hydrogen-bond donors (Lipinski definition) is 2. The van der Waals surface area contributed by atoms with E-state index in [0.29, 0.717) is 11.3 Å². The Labute approximate surface area is 122 Å². The third-order valence-electron chi connectivity index (χ3n) is 3.06. The smallest absolute Gasteiger partial charge is 0.257 e. The van der Waals surface area contributed by atoms with Crippen LogP contribution in [0.4, 0.5) is 15.8 Å². The van der Waals surface area contributed by atoms with Gasteiger partial charge in [-0.05, 0) is 36.8 Å². The number of hydrogen-bond acceptors (Lipinski definition) is 3. The molecular weight excluding hydrogens is 269 g/mol. The second kappa shape index (κ2) is 6.06. The Morgan fingerprint density at radius 2 is 2.00 bits per heavy atom. The number of benzene rings is 2. The molecule has 5 heteroatoms. The molecule has 0 saturated carbocycles. The number of nitrogens with one attached hydrogen (secondary N) is 2. The molecule has 0 spiro atoms. The van der Waals surface area contributed by atoms with E-state index in [4.69, 9.17) is 5.26 Å². The molecule has 2 aromatic rings. The van der Waals surface area contributed by atoms with E-state index >= 15 is 0 Å². The van der Waals surface area contributed by atoms with Crippen molar-refractivity contribution in [1.29, 1.82) is 5.26 Å². The van der Waals surface area contributed by atoms with Crippen molar-refractivity contribution in [1.82, 2.24) is 0 Å². The first-order valence-corrected chi connectivity index (χ1v) is 6.35. The summed E-state index contributed by atoms with van der Waals surface area (Å²) >= 11 is 0. The fourth-order valence-electron chi connectivity index (χ4n) is 1.99. The Balaban J connectivity index is 2.36. The summed E-state index contributed by atoms with van der Waals surface area (Å²) < 4.78 is 13.5. The highest BCUT2D eigenvalue weighted by Crippen LogP contribution is 2.22. The highest BCUT2D eigenvalue weighted by molar-refractivity contribution is 6.08. The molecule has 0 aromatic heterocycles. The minimum Gasteiger partial charge on any atom is -0.387 e. The maximum atomic E-state index is 13.5. The normalized spacial score (nSPS) is 9.81.